The van der Waals surface area contributed by atoms with Gasteiger partial charge in [-0.15, -0.1) is 0 Å². The molecule has 10 nitrogen and oxygen atoms in total. The van der Waals surface area contributed by atoms with Gasteiger partial charge in [0.2, 0.25) is 0 Å². The summed E-state index contributed by atoms with van der Waals surface area (Å²) in [6.45, 7) is 1.86. The van der Waals surface area contributed by atoms with Gasteiger partial charge in [0.25, 0.3) is 21.4 Å². The molecule has 0 amide bonds. The fraction of sp³-hybridized carbons (Fsp3) is 0.120. The van der Waals surface area contributed by atoms with Crippen LogP contribution in [0, 0.1) is 27.2 Å². The van der Waals surface area contributed by atoms with Gasteiger partial charge in [-0.25, -0.2) is 12.4 Å². The molecule has 1 N–H and O–H groups in total. The Morgan fingerprint density at radius 1 is 0.868 bits per heavy atom. The number of nitro benzene ring substituents is 2. The summed E-state index contributed by atoms with van der Waals surface area (Å²) in [6, 6.07) is 15.7. The number of aromatic amines is 1. The van der Waals surface area contributed by atoms with Gasteiger partial charge in [0, 0.05) is 31.7 Å². The highest BCUT2D eigenvalue weighted by atomic mass is 79.9. The third-order valence-corrected chi connectivity index (χ3v) is 8.25. The molecule has 5 aromatic rings. The lowest BCUT2D eigenvalue weighted by Gasteiger charge is -2.07. The maximum absolute atomic E-state index is 12.8. The summed E-state index contributed by atoms with van der Waals surface area (Å²) in [7, 11) is -1.34. The Bertz CT molecular complexity index is 1760. The second-order valence-electron chi connectivity index (χ2n) is 7.61. The lowest BCUT2D eigenvalue weighted by molar-refractivity contribution is -0.383. The number of hydrogen-bond acceptors (Lipinski definition) is 6. The van der Waals surface area contributed by atoms with Gasteiger partial charge < -0.3 is 4.98 Å². The molecule has 0 saturated heterocycles. The number of nitrogens with zero attached hydrogens (tertiary/aromatic N) is 3. The van der Waals surface area contributed by atoms with Crippen LogP contribution in [-0.4, -0.2) is 27.2 Å². The Hall–Kier alpha value is -3.55. The number of rotatable bonds is 4. The molecule has 3 aromatic carbocycles. The van der Waals surface area contributed by atoms with Gasteiger partial charge in [-0.1, -0.05) is 44.6 Å². The second kappa shape index (κ2) is 11.9. The van der Waals surface area contributed by atoms with Crippen LogP contribution < -0.4 is 0 Å². The normalized spacial score (nSPS) is 11.1. The highest BCUT2D eigenvalue weighted by Crippen LogP contribution is 2.36. The summed E-state index contributed by atoms with van der Waals surface area (Å²) in [5, 5.41) is 22.7. The van der Waals surface area contributed by atoms with E-state index in [-0.39, 0.29) is 32.1 Å². The number of fused-ring (bicyclic) bond motifs is 2. The Kier molecular flexibility index (Phi) is 8.59. The van der Waals surface area contributed by atoms with Gasteiger partial charge in [0.15, 0.2) is 0 Å². The summed E-state index contributed by atoms with van der Waals surface area (Å²) >= 11 is 6.47. The number of nitrogens with one attached hydrogen (secondary N) is 1. The van der Waals surface area contributed by atoms with Crippen LogP contribution in [0.3, 0.4) is 0 Å². The Morgan fingerprint density at radius 2 is 1.42 bits per heavy atom. The molecule has 0 aliphatic heterocycles. The van der Waals surface area contributed by atoms with Crippen molar-refractivity contribution in [3.63, 3.8) is 0 Å². The fourth-order valence-corrected chi connectivity index (χ4v) is 6.29. The summed E-state index contributed by atoms with van der Waals surface area (Å²) < 4.78 is 39.3. The van der Waals surface area contributed by atoms with Crippen molar-refractivity contribution in [2.75, 3.05) is 0 Å². The van der Waals surface area contributed by atoms with E-state index in [1.807, 2.05) is 6.92 Å². The van der Waals surface area contributed by atoms with Gasteiger partial charge in [-0.2, -0.15) is 0 Å². The summed E-state index contributed by atoms with van der Waals surface area (Å²) in [4.78, 5) is 23.9. The third-order valence-electron chi connectivity index (χ3n) is 5.33. The van der Waals surface area contributed by atoms with Crippen LogP contribution in [0.15, 0.2) is 86.9 Å². The van der Waals surface area contributed by atoms with Crippen LogP contribution in [0.4, 0.5) is 11.4 Å². The van der Waals surface area contributed by atoms with E-state index in [4.69, 9.17) is 2.74 Å². The van der Waals surface area contributed by atoms with Gasteiger partial charge in [0.1, 0.15) is 0 Å². The SMILES string of the molecule is Cc1ccc(S(=O)(=O)n2cc(Br)c3c([N+](=O)[O-])cccc32)cc1.O=[N+]([O-])c1cccc2[nH]cc(Br)c12.[3H]C.[3H]C. The van der Waals surface area contributed by atoms with Crippen molar-refractivity contribution in [1.82, 2.24) is 8.96 Å². The Morgan fingerprint density at radius 3 is 2.00 bits per heavy atom. The molecule has 2 aromatic heterocycles. The number of aryl methyl sites for hydroxylation is 1. The Balaban J connectivity index is 0.000000279. The third kappa shape index (κ3) is 5.64. The Labute approximate surface area is 238 Å². The van der Waals surface area contributed by atoms with Crippen LogP contribution in [-0.2, 0) is 10.0 Å². The molecule has 0 fully saturated rings. The van der Waals surface area contributed by atoms with Crippen molar-refractivity contribution in [3.05, 3.63) is 108 Å². The first-order chi connectivity index (χ1) is 19.0. The van der Waals surface area contributed by atoms with E-state index in [1.54, 1.807) is 36.5 Å². The number of non-ortho nitro benzene ring substituents is 2. The number of H-pyrrole nitrogens is 1. The van der Waals surface area contributed by atoms with E-state index in [2.05, 4.69) is 36.8 Å². The lowest BCUT2D eigenvalue weighted by Crippen LogP contribution is -2.11. The summed E-state index contributed by atoms with van der Waals surface area (Å²) in [6.07, 6.45) is 3.03. The van der Waals surface area contributed by atoms with E-state index in [1.165, 1.54) is 51.3 Å². The number of aromatic nitrogens is 2. The standard InChI is InChI=1S/C15H11BrN2O4S.C8H5BrN2O2.2CH4/c1-10-5-7-11(8-6-10)23(21,22)17-9-12(16)15-13(17)3-2-4-14(15)18(19)20;9-5-4-10-6-2-1-3-7(8(5)6)11(12)13;;/h2-9H,1H3;1-4,10H;2*1H4/i;;2*1T. The van der Waals surface area contributed by atoms with Crippen LogP contribution in [0.1, 0.15) is 23.1 Å². The molecular weight excluding hydrogens is 644 g/mol. The molecule has 0 spiro atoms. The average molecular weight is 672 g/mol. The topological polar surface area (TPSA) is 141 Å². The van der Waals surface area contributed by atoms with Gasteiger partial charge in [-0.05, 0) is 63.0 Å². The van der Waals surface area contributed by atoms with Crippen molar-refractivity contribution < 1.29 is 21.0 Å². The second-order valence-corrected chi connectivity index (χ2v) is 11.1. The molecule has 38 heavy (non-hydrogen) atoms. The molecule has 2 heterocycles. The predicted molar refractivity (Wildman–Crippen MR) is 156 cm³/mol. The number of benzene rings is 3. The molecular formula is C25H24Br2N4O6S. The summed E-state index contributed by atoms with van der Waals surface area (Å²) in [5.41, 5.74) is 1.93. The van der Waals surface area contributed by atoms with E-state index in [0.29, 0.717) is 9.86 Å². The van der Waals surface area contributed by atoms with Gasteiger partial charge >= 0.3 is 0 Å². The van der Waals surface area contributed by atoms with E-state index < -0.39 is 14.9 Å². The highest BCUT2D eigenvalue weighted by Gasteiger charge is 2.25. The van der Waals surface area contributed by atoms with Crippen molar-refractivity contribution in [2.45, 2.75) is 26.6 Å². The highest BCUT2D eigenvalue weighted by molar-refractivity contribution is 9.11. The fourth-order valence-electron chi connectivity index (χ4n) is 3.65. The van der Waals surface area contributed by atoms with Crippen LogP contribution in [0.25, 0.3) is 21.8 Å². The molecule has 200 valence electrons. The molecule has 0 atom stereocenters. The minimum absolute atomic E-state index is 0.116. The maximum atomic E-state index is 12.8. The molecule has 0 bridgehead atoms. The summed E-state index contributed by atoms with van der Waals surface area (Å²) in [5.74, 6) is 0. The van der Waals surface area contributed by atoms with E-state index in [9.17, 15) is 28.6 Å². The quantitative estimate of drug-likeness (QED) is 0.152. The smallest absolute Gasteiger partial charge is 0.279 e. The number of halogens is 2. The van der Waals surface area contributed by atoms with Crippen molar-refractivity contribution >= 4 is 75.1 Å². The predicted octanol–water partition coefficient (Wildman–Crippen LogP) is 7.97. The van der Waals surface area contributed by atoms with Crippen LogP contribution in [0.5, 0.6) is 0 Å². The molecule has 0 unspecified atom stereocenters. The van der Waals surface area contributed by atoms with E-state index >= 15 is 0 Å². The van der Waals surface area contributed by atoms with Gasteiger partial charge in [-0.3, -0.25) is 20.2 Å². The zero-order chi connectivity index (χ0) is 30.2. The maximum Gasteiger partial charge on any atom is 0.279 e. The molecule has 0 aliphatic rings. The lowest BCUT2D eigenvalue weighted by atomic mass is 10.2. The first-order valence-corrected chi connectivity index (χ1v) is 13.2. The molecule has 5 rings (SSSR count). The molecule has 0 saturated carbocycles. The first-order valence-electron chi connectivity index (χ1n) is 12.2. The first kappa shape index (κ1) is 27.5. The average Bonchev–Trinajstić information content (AvgIpc) is 3.51. The minimum Gasteiger partial charge on any atom is -0.360 e. The monoisotopic (exact) mass is 670 g/mol. The van der Waals surface area contributed by atoms with Crippen molar-refractivity contribution in [3.8, 4) is 0 Å². The van der Waals surface area contributed by atoms with Crippen LogP contribution in [0.2, 0.25) is 0 Å². The molecule has 0 aliphatic carbocycles. The zero-order valence-corrected chi connectivity index (χ0v) is 24.4. The largest absolute Gasteiger partial charge is 0.360 e. The molecule has 0 radical (unpaired) electrons. The van der Waals surface area contributed by atoms with E-state index in [0.717, 1.165) is 19.5 Å². The zero-order valence-electron chi connectivity index (χ0n) is 22.4. The van der Waals surface area contributed by atoms with Crippen LogP contribution >= 0.6 is 31.9 Å². The van der Waals surface area contributed by atoms with Crippen molar-refractivity contribution in [1.29, 1.82) is 0 Å². The molecule has 13 heteroatoms. The van der Waals surface area contributed by atoms with Gasteiger partial charge in [0.05, 0.1) is 41.0 Å². The van der Waals surface area contributed by atoms with Crippen molar-refractivity contribution in [2.24, 2.45) is 0 Å². The minimum atomic E-state index is -3.84. The number of nitro groups is 2. The number of hydrogen-bond donors (Lipinski definition) is 1.